The van der Waals surface area contributed by atoms with E-state index >= 15 is 0 Å². The molecule has 0 saturated carbocycles. The van der Waals surface area contributed by atoms with Gasteiger partial charge in [0.05, 0.1) is 12.1 Å². The first-order chi connectivity index (χ1) is 6.63. The Kier molecular flexibility index (Phi) is 4.35. The molecule has 2 atom stereocenters. The minimum Gasteiger partial charge on any atom is -0.394 e. The highest BCUT2D eigenvalue weighted by atomic mass is 16.3. The number of hydrogen-bond acceptors (Lipinski definition) is 3. The number of rotatable bonds is 5. The van der Waals surface area contributed by atoms with Crippen molar-refractivity contribution in [2.75, 3.05) is 33.3 Å². The third-order valence-corrected chi connectivity index (χ3v) is 3.47. The SMILES string of the molecule is CCC1CCN(CC(C)(CO)NC)C1. The van der Waals surface area contributed by atoms with E-state index in [4.69, 9.17) is 0 Å². The lowest BCUT2D eigenvalue weighted by Crippen LogP contribution is -2.52. The van der Waals surface area contributed by atoms with Crippen LogP contribution in [-0.2, 0) is 0 Å². The van der Waals surface area contributed by atoms with E-state index in [1.54, 1.807) is 0 Å². The fourth-order valence-corrected chi connectivity index (χ4v) is 2.09. The minimum absolute atomic E-state index is 0.136. The summed E-state index contributed by atoms with van der Waals surface area (Å²) >= 11 is 0. The normalized spacial score (nSPS) is 27.9. The Morgan fingerprint density at radius 1 is 1.57 bits per heavy atom. The molecule has 3 nitrogen and oxygen atoms in total. The van der Waals surface area contributed by atoms with Crippen molar-refractivity contribution in [1.82, 2.24) is 10.2 Å². The molecule has 1 rings (SSSR count). The largest absolute Gasteiger partial charge is 0.394 e. The zero-order valence-corrected chi connectivity index (χ0v) is 9.71. The summed E-state index contributed by atoms with van der Waals surface area (Å²) in [6.07, 6.45) is 2.60. The Morgan fingerprint density at radius 3 is 2.71 bits per heavy atom. The van der Waals surface area contributed by atoms with Gasteiger partial charge < -0.3 is 15.3 Å². The van der Waals surface area contributed by atoms with Crippen molar-refractivity contribution in [3.8, 4) is 0 Å². The lowest BCUT2D eigenvalue weighted by atomic mass is 10.0. The van der Waals surface area contributed by atoms with E-state index in [0.717, 1.165) is 12.5 Å². The fraction of sp³-hybridized carbons (Fsp3) is 1.00. The van der Waals surface area contributed by atoms with Gasteiger partial charge in [0, 0.05) is 13.1 Å². The van der Waals surface area contributed by atoms with Crippen LogP contribution in [0.4, 0.5) is 0 Å². The third-order valence-electron chi connectivity index (χ3n) is 3.47. The zero-order chi connectivity index (χ0) is 10.6. The van der Waals surface area contributed by atoms with E-state index in [2.05, 4.69) is 24.1 Å². The monoisotopic (exact) mass is 200 g/mol. The highest BCUT2D eigenvalue weighted by Gasteiger charge is 2.28. The van der Waals surface area contributed by atoms with Crippen molar-refractivity contribution < 1.29 is 5.11 Å². The number of aliphatic hydroxyl groups is 1. The van der Waals surface area contributed by atoms with Crippen molar-refractivity contribution in [3.05, 3.63) is 0 Å². The maximum absolute atomic E-state index is 9.28. The molecule has 0 spiro atoms. The van der Waals surface area contributed by atoms with E-state index in [-0.39, 0.29) is 12.1 Å². The van der Waals surface area contributed by atoms with Gasteiger partial charge in [0.2, 0.25) is 0 Å². The van der Waals surface area contributed by atoms with Gasteiger partial charge >= 0.3 is 0 Å². The second kappa shape index (κ2) is 5.10. The fourth-order valence-electron chi connectivity index (χ4n) is 2.09. The zero-order valence-electron chi connectivity index (χ0n) is 9.71. The quantitative estimate of drug-likeness (QED) is 0.685. The van der Waals surface area contributed by atoms with Crippen LogP contribution in [0.15, 0.2) is 0 Å². The van der Waals surface area contributed by atoms with E-state index in [1.165, 1.54) is 25.9 Å². The summed E-state index contributed by atoms with van der Waals surface area (Å²) in [6, 6.07) is 0. The van der Waals surface area contributed by atoms with Crippen LogP contribution in [0.5, 0.6) is 0 Å². The number of hydrogen-bond donors (Lipinski definition) is 2. The van der Waals surface area contributed by atoms with Crippen LogP contribution in [0.2, 0.25) is 0 Å². The maximum Gasteiger partial charge on any atom is 0.0623 e. The molecule has 0 bridgehead atoms. The summed E-state index contributed by atoms with van der Waals surface area (Å²) < 4.78 is 0. The van der Waals surface area contributed by atoms with Gasteiger partial charge in [-0.25, -0.2) is 0 Å². The first-order valence-corrected chi connectivity index (χ1v) is 5.65. The lowest BCUT2D eigenvalue weighted by Gasteiger charge is -2.31. The Labute approximate surface area is 87.5 Å². The van der Waals surface area contributed by atoms with Crippen LogP contribution in [0.3, 0.4) is 0 Å². The average Bonchev–Trinajstić information content (AvgIpc) is 2.65. The Balaban J connectivity index is 2.37. The summed E-state index contributed by atoms with van der Waals surface area (Å²) in [5.41, 5.74) is -0.136. The molecule has 1 fully saturated rings. The minimum atomic E-state index is -0.136. The molecule has 0 aromatic carbocycles. The molecule has 1 heterocycles. The molecule has 1 aliphatic heterocycles. The molecule has 0 radical (unpaired) electrons. The van der Waals surface area contributed by atoms with E-state index in [9.17, 15) is 5.11 Å². The van der Waals surface area contributed by atoms with Crippen molar-refractivity contribution in [1.29, 1.82) is 0 Å². The second-order valence-corrected chi connectivity index (χ2v) is 4.77. The van der Waals surface area contributed by atoms with Gasteiger partial charge in [-0.1, -0.05) is 13.3 Å². The standard InChI is InChI=1S/C11H24N2O/c1-4-10-5-6-13(7-10)8-11(2,9-14)12-3/h10,12,14H,4-9H2,1-3H3. The third kappa shape index (κ3) is 2.94. The first kappa shape index (κ1) is 12.0. The summed E-state index contributed by atoms with van der Waals surface area (Å²) in [7, 11) is 1.92. The summed E-state index contributed by atoms with van der Waals surface area (Å²) in [5.74, 6) is 0.870. The van der Waals surface area contributed by atoms with Gasteiger partial charge in [0.25, 0.3) is 0 Å². The van der Waals surface area contributed by atoms with Gasteiger partial charge in [0.15, 0.2) is 0 Å². The number of aliphatic hydroxyl groups excluding tert-OH is 1. The molecule has 0 aromatic heterocycles. The topological polar surface area (TPSA) is 35.5 Å². The maximum atomic E-state index is 9.28. The van der Waals surface area contributed by atoms with Crippen LogP contribution < -0.4 is 5.32 Å². The number of nitrogens with one attached hydrogen (secondary N) is 1. The molecule has 1 aliphatic rings. The molecule has 14 heavy (non-hydrogen) atoms. The molecule has 2 unspecified atom stereocenters. The highest BCUT2D eigenvalue weighted by Crippen LogP contribution is 2.20. The molecule has 84 valence electrons. The van der Waals surface area contributed by atoms with Crippen LogP contribution >= 0.6 is 0 Å². The number of nitrogens with zero attached hydrogens (tertiary/aromatic N) is 1. The molecule has 0 aliphatic carbocycles. The van der Waals surface area contributed by atoms with E-state index in [1.807, 2.05) is 7.05 Å². The van der Waals surface area contributed by atoms with Crippen LogP contribution in [-0.4, -0.2) is 48.8 Å². The van der Waals surface area contributed by atoms with E-state index in [0.29, 0.717) is 0 Å². The average molecular weight is 200 g/mol. The molecule has 2 N–H and O–H groups in total. The van der Waals surface area contributed by atoms with Gasteiger partial charge in [-0.15, -0.1) is 0 Å². The smallest absolute Gasteiger partial charge is 0.0623 e. The van der Waals surface area contributed by atoms with Crippen molar-refractivity contribution in [2.45, 2.75) is 32.2 Å². The molecule has 0 amide bonds. The van der Waals surface area contributed by atoms with Gasteiger partial charge in [-0.3, -0.25) is 0 Å². The molecule has 0 aromatic rings. The van der Waals surface area contributed by atoms with Crippen LogP contribution in [0.25, 0.3) is 0 Å². The van der Waals surface area contributed by atoms with Crippen LogP contribution in [0.1, 0.15) is 26.7 Å². The Bertz CT molecular complexity index is 169. The summed E-state index contributed by atoms with van der Waals surface area (Å²) in [4.78, 5) is 2.46. The Hall–Kier alpha value is -0.120. The van der Waals surface area contributed by atoms with Crippen LogP contribution in [0, 0.1) is 5.92 Å². The summed E-state index contributed by atoms with van der Waals surface area (Å²) in [6.45, 7) is 7.89. The molecular weight excluding hydrogens is 176 g/mol. The second-order valence-electron chi connectivity index (χ2n) is 4.77. The summed E-state index contributed by atoms with van der Waals surface area (Å²) in [5, 5.41) is 12.5. The van der Waals surface area contributed by atoms with Gasteiger partial charge in [0.1, 0.15) is 0 Å². The highest BCUT2D eigenvalue weighted by molar-refractivity contribution is 4.87. The van der Waals surface area contributed by atoms with Crippen molar-refractivity contribution in [2.24, 2.45) is 5.92 Å². The first-order valence-electron chi connectivity index (χ1n) is 5.65. The molecule has 1 saturated heterocycles. The van der Waals surface area contributed by atoms with Crippen molar-refractivity contribution >= 4 is 0 Å². The van der Waals surface area contributed by atoms with E-state index < -0.39 is 0 Å². The van der Waals surface area contributed by atoms with Gasteiger partial charge in [-0.2, -0.15) is 0 Å². The number of likely N-dealkylation sites (tertiary alicyclic amines) is 1. The lowest BCUT2D eigenvalue weighted by molar-refractivity contribution is 0.136. The van der Waals surface area contributed by atoms with Gasteiger partial charge in [-0.05, 0) is 32.9 Å². The predicted molar refractivity (Wildman–Crippen MR) is 59.4 cm³/mol. The Morgan fingerprint density at radius 2 is 2.29 bits per heavy atom. The predicted octanol–water partition coefficient (Wildman–Crippen LogP) is 0.689. The molecular formula is C11H24N2O. The number of likely N-dealkylation sites (N-methyl/N-ethyl adjacent to an activating group) is 1. The van der Waals surface area contributed by atoms with Crippen molar-refractivity contribution in [3.63, 3.8) is 0 Å². The molecule has 3 heteroatoms.